The van der Waals surface area contributed by atoms with Crippen molar-refractivity contribution in [3.8, 4) is 6.07 Å². The quantitative estimate of drug-likeness (QED) is 0.750. The minimum atomic E-state index is -0.222. The molecular weight excluding hydrogens is 318 g/mol. The molecule has 25 heavy (non-hydrogen) atoms. The fraction of sp³-hybridized carbons (Fsp3) is 0.353. The van der Waals surface area contributed by atoms with E-state index in [4.69, 9.17) is 5.26 Å². The molecule has 1 amide bonds. The topological polar surface area (TPSA) is 111 Å². The monoisotopic (exact) mass is 335 g/mol. The molecule has 4 heterocycles. The number of aromatic nitrogens is 4. The van der Waals surface area contributed by atoms with E-state index in [2.05, 4.69) is 30.2 Å². The first kappa shape index (κ1) is 15.3. The first-order chi connectivity index (χ1) is 12.3. The molecule has 126 valence electrons. The Hall–Kier alpha value is -3.21. The van der Waals surface area contributed by atoms with Gasteiger partial charge in [0.25, 0.3) is 0 Å². The van der Waals surface area contributed by atoms with Gasteiger partial charge >= 0.3 is 0 Å². The summed E-state index contributed by atoms with van der Waals surface area (Å²) in [5.74, 6) is 0.647. The third-order valence-electron chi connectivity index (χ3n) is 4.49. The second kappa shape index (κ2) is 6.36. The van der Waals surface area contributed by atoms with Crippen molar-refractivity contribution < 1.29 is 4.79 Å². The molecule has 1 atom stereocenters. The largest absolute Gasteiger partial charge is 0.354 e. The van der Waals surface area contributed by atoms with Crippen LogP contribution in [0.15, 0.2) is 24.8 Å². The summed E-state index contributed by atoms with van der Waals surface area (Å²) in [6, 6.07) is 3.85. The molecule has 4 rings (SSSR count). The molecule has 0 radical (unpaired) electrons. The number of hydrogen-bond donors (Lipinski definition) is 2. The molecule has 0 spiro atoms. The van der Waals surface area contributed by atoms with E-state index in [9.17, 15) is 4.79 Å². The Morgan fingerprint density at radius 2 is 2.36 bits per heavy atom. The number of amides is 1. The number of piperidine rings is 1. The van der Waals surface area contributed by atoms with Crippen LogP contribution in [0, 0.1) is 11.3 Å². The van der Waals surface area contributed by atoms with E-state index in [1.54, 1.807) is 18.7 Å². The fourth-order valence-electron chi connectivity index (χ4n) is 3.42. The molecule has 1 unspecified atom stereocenters. The normalized spacial score (nSPS) is 17.6. The zero-order valence-corrected chi connectivity index (χ0v) is 13.6. The van der Waals surface area contributed by atoms with Crippen molar-refractivity contribution in [2.45, 2.75) is 25.3 Å². The van der Waals surface area contributed by atoms with Crippen molar-refractivity contribution in [3.63, 3.8) is 0 Å². The van der Waals surface area contributed by atoms with Gasteiger partial charge in [-0.25, -0.2) is 15.0 Å². The van der Waals surface area contributed by atoms with E-state index in [-0.39, 0.29) is 18.4 Å². The Morgan fingerprint density at radius 3 is 3.24 bits per heavy atom. The minimum Gasteiger partial charge on any atom is -0.354 e. The molecule has 1 saturated heterocycles. The van der Waals surface area contributed by atoms with Gasteiger partial charge in [-0.05, 0) is 18.9 Å². The second-order valence-electron chi connectivity index (χ2n) is 6.14. The number of fused-ring (bicyclic) bond motifs is 3. The molecule has 0 bridgehead atoms. The van der Waals surface area contributed by atoms with Gasteiger partial charge in [0, 0.05) is 30.7 Å². The molecule has 1 fully saturated rings. The maximum absolute atomic E-state index is 11.7. The summed E-state index contributed by atoms with van der Waals surface area (Å²) >= 11 is 0. The molecule has 3 aromatic rings. The molecule has 8 heteroatoms. The van der Waals surface area contributed by atoms with E-state index in [1.165, 1.54) is 0 Å². The molecular formula is C17H17N7O. The van der Waals surface area contributed by atoms with Crippen LogP contribution in [0.4, 0.5) is 5.82 Å². The first-order valence-corrected chi connectivity index (χ1v) is 8.24. The van der Waals surface area contributed by atoms with Gasteiger partial charge in [-0.15, -0.1) is 0 Å². The lowest BCUT2D eigenvalue weighted by Gasteiger charge is -2.34. The highest BCUT2D eigenvalue weighted by Gasteiger charge is 2.24. The first-order valence-electron chi connectivity index (χ1n) is 8.24. The predicted molar refractivity (Wildman–Crippen MR) is 92.8 cm³/mol. The number of nitriles is 1. The molecule has 1 aliphatic heterocycles. The minimum absolute atomic E-state index is 0.0192. The highest BCUT2D eigenvalue weighted by molar-refractivity contribution is 6.08. The van der Waals surface area contributed by atoms with Crippen molar-refractivity contribution in [2.75, 3.05) is 18.0 Å². The van der Waals surface area contributed by atoms with E-state index < -0.39 is 0 Å². The third-order valence-corrected chi connectivity index (χ3v) is 4.49. The number of anilines is 1. The van der Waals surface area contributed by atoms with Gasteiger partial charge in [-0.1, -0.05) is 0 Å². The zero-order valence-electron chi connectivity index (χ0n) is 13.6. The van der Waals surface area contributed by atoms with Gasteiger partial charge in [0.15, 0.2) is 5.65 Å². The lowest BCUT2D eigenvalue weighted by molar-refractivity contribution is -0.120. The van der Waals surface area contributed by atoms with Gasteiger partial charge in [-0.2, -0.15) is 5.26 Å². The molecule has 8 nitrogen and oxygen atoms in total. The van der Waals surface area contributed by atoms with E-state index in [0.29, 0.717) is 12.2 Å². The summed E-state index contributed by atoms with van der Waals surface area (Å²) in [6.07, 6.45) is 6.93. The number of carbonyl (C=O) groups is 1. The van der Waals surface area contributed by atoms with Gasteiger partial charge in [0.1, 0.15) is 12.2 Å². The molecule has 0 saturated carbocycles. The van der Waals surface area contributed by atoms with Crippen LogP contribution in [0.5, 0.6) is 0 Å². The number of carbonyl (C=O) groups excluding carboxylic acids is 1. The smallest absolute Gasteiger partial charge is 0.234 e. The lowest BCUT2D eigenvalue weighted by Crippen LogP contribution is -2.48. The number of hydrogen-bond acceptors (Lipinski definition) is 6. The van der Waals surface area contributed by atoms with E-state index in [1.807, 2.05) is 12.1 Å². The molecule has 1 aliphatic rings. The summed E-state index contributed by atoms with van der Waals surface area (Å²) < 4.78 is 0. The summed E-state index contributed by atoms with van der Waals surface area (Å²) in [4.78, 5) is 30.2. The van der Waals surface area contributed by atoms with Gasteiger partial charge < -0.3 is 15.2 Å². The van der Waals surface area contributed by atoms with Crippen LogP contribution in [0.1, 0.15) is 19.3 Å². The Bertz CT molecular complexity index is 974. The fourth-order valence-corrected chi connectivity index (χ4v) is 3.42. The number of pyridine rings is 1. The summed E-state index contributed by atoms with van der Waals surface area (Å²) in [5.41, 5.74) is 1.60. The Kier molecular flexibility index (Phi) is 3.90. The molecule has 3 aromatic heterocycles. The van der Waals surface area contributed by atoms with Crippen molar-refractivity contribution in [2.24, 2.45) is 0 Å². The summed E-state index contributed by atoms with van der Waals surface area (Å²) in [5, 5.41) is 13.5. The third kappa shape index (κ3) is 2.85. The van der Waals surface area contributed by atoms with Crippen molar-refractivity contribution >= 4 is 33.7 Å². The van der Waals surface area contributed by atoms with Gasteiger partial charge in [0.2, 0.25) is 5.91 Å². The number of aromatic amines is 1. The highest BCUT2D eigenvalue weighted by atomic mass is 16.1. The van der Waals surface area contributed by atoms with E-state index in [0.717, 1.165) is 41.5 Å². The number of nitrogens with one attached hydrogen (secondary N) is 2. The predicted octanol–water partition coefficient (Wildman–Crippen LogP) is 1.50. The number of rotatable bonds is 3. The van der Waals surface area contributed by atoms with Crippen molar-refractivity contribution in [1.29, 1.82) is 5.26 Å². The van der Waals surface area contributed by atoms with Gasteiger partial charge in [0.05, 0.1) is 29.5 Å². The number of nitrogens with zero attached hydrogens (tertiary/aromatic N) is 5. The SMILES string of the molecule is N#CCC(=O)NC1CCCN(c2nc[nH]c3cnc4nccc4c23)C1. The van der Waals surface area contributed by atoms with Crippen LogP contribution >= 0.6 is 0 Å². The number of H-pyrrole nitrogens is 1. The summed E-state index contributed by atoms with van der Waals surface area (Å²) in [7, 11) is 0. The van der Waals surface area contributed by atoms with Crippen LogP contribution in [-0.2, 0) is 4.79 Å². The average molecular weight is 335 g/mol. The van der Waals surface area contributed by atoms with Crippen molar-refractivity contribution in [1.82, 2.24) is 25.3 Å². The average Bonchev–Trinajstić information content (AvgIpc) is 3.10. The molecule has 0 aromatic carbocycles. The Balaban J connectivity index is 1.68. The van der Waals surface area contributed by atoms with Crippen LogP contribution in [0.25, 0.3) is 21.9 Å². The Morgan fingerprint density at radius 1 is 1.44 bits per heavy atom. The van der Waals surface area contributed by atoms with Gasteiger partial charge in [-0.3, -0.25) is 4.79 Å². The van der Waals surface area contributed by atoms with E-state index >= 15 is 0 Å². The van der Waals surface area contributed by atoms with Crippen LogP contribution in [0.3, 0.4) is 0 Å². The Labute approximate surface area is 143 Å². The van der Waals surface area contributed by atoms with Crippen LogP contribution in [0.2, 0.25) is 0 Å². The van der Waals surface area contributed by atoms with Crippen molar-refractivity contribution in [3.05, 3.63) is 24.8 Å². The maximum Gasteiger partial charge on any atom is 0.234 e. The maximum atomic E-state index is 11.7. The van der Waals surface area contributed by atoms with Crippen LogP contribution in [-0.4, -0.2) is 45.0 Å². The highest BCUT2D eigenvalue weighted by Crippen LogP contribution is 2.30. The van der Waals surface area contributed by atoms with Crippen LogP contribution < -0.4 is 10.2 Å². The second-order valence-corrected chi connectivity index (χ2v) is 6.14. The lowest BCUT2D eigenvalue weighted by atomic mass is 10.0. The summed E-state index contributed by atoms with van der Waals surface area (Å²) in [6.45, 7) is 1.54. The molecule has 0 aliphatic carbocycles. The molecule has 2 N–H and O–H groups in total. The standard InChI is InChI=1S/C17H17N7O/c18-5-3-14(25)23-11-2-1-7-24(9-11)17-15-12-4-6-19-16(12)20-8-13(15)21-10-22-17/h4,6,8,10-11H,1-3,7,9H2,(H,21,22)(H,23,25). The zero-order chi connectivity index (χ0) is 17.2.